The van der Waals surface area contributed by atoms with E-state index in [4.69, 9.17) is 4.74 Å². The van der Waals surface area contributed by atoms with Crippen LogP contribution < -0.4 is 15.4 Å². The minimum atomic E-state index is -0.518. The van der Waals surface area contributed by atoms with Crippen molar-refractivity contribution in [2.75, 3.05) is 32.1 Å². The van der Waals surface area contributed by atoms with Crippen LogP contribution in [0.5, 0.6) is 5.75 Å². The Morgan fingerprint density at radius 1 is 1.31 bits per heavy atom. The average Bonchev–Trinajstić information content (AvgIpc) is 3.24. The summed E-state index contributed by atoms with van der Waals surface area (Å²) in [5.41, 5.74) is 0.960. The molecule has 0 spiro atoms. The Morgan fingerprint density at radius 3 is 2.69 bits per heavy atom. The van der Waals surface area contributed by atoms with Crippen LogP contribution in [0.15, 0.2) is 35.0 Å². The van der Waals surface area contributed by atoms with E-state index in [0.717, 1.165) is 12.8 Å². The van der Waals surface area contributed by atoms with Crippen molar-refractivity contribution in [1.29, 1.82) is 0 Å². The van der Waals surface area contributed by atoms with Crippen molar-refractivity contribution in [3.8, 4) is 5.75 Å². The van der Waals surface area contributed by atoms with Crippen LogP contribution in [0.3, 0.4) is 0 Å². The zero-order chi connectivity index (χ0) is 20.8. The smallest absolute Gasteiger partial charge is 0.273 e. The number of thiophene rings is 1. The molecule has 2 amide bonds. The molecule has 1 saturated heterocycles. The van der Waals surface area contributed by atoms with Gasteiger partial charge in [-0.15, -0.1) is 0 Å². The first-order chi connectivity index (χ1) is 14.0. The van der Waals surface area contributed by atoms with Gasteiger partial charge in [-0.3, -0.25) is 24.6 Å². The fraction of sp³-hybridized carbons (Fsp3) is 0.368. The molecule has 0 aliphatic carbocycles. The van der Waals surface area contributed by atoms with Crippen LogP contribution in [0.25, 0.3) is 0 Å². The van der Waals surface area contributed by atoms with Crippen LogP contribution in [-0.2, 0) is 4.79 Å². The Balaban J connectivity index is 1.47. The third-order valence-electron chi connectivity index (χ3n) is 4.74. The number of nitrogens with one attached hydrogen (secondary N) is 2. The summed E-state index contributed by atoms with van der Waals surface area (Å²) in [6.07, 6.45) is 1.54. The van der Waals surface area contributed by atoms with Crippen molar-refractivity contribution in [2.24, 2.45) is 0 Å². The van der Waals surface area contributed by atoms with Crippen molar-refractivity contribution in [3.63, 3.8) is 0 Å². The third kappa shape index (κ3) is 5.52. The number of hydrogen-bond acceptors (Lipinski definition) is 7. The molecule has 3 rings (SSSR count). The van der Waals surface area contributed by atoms with Gasteiger partial charge in [0.15, 0.2) is 0 Å². The van der Waals surface area contributed by atoms with Gasteiger partial charge in [0.05, 0.1) is 30.3 Å². The molecule has 2 N–H and O–H groups in total. The van der Waals surface area contributed by atoms with Gasteiger partial charge in [-0.2, -0.15) is 11.3 Å². The van der Waals surface area contributed by atoms with Crippen LogP contribution in [0.4, 0.5) is 11.4 Å². The van der Waals surface area contributed by atoms with E-state index in [1.165, 1.54) is 36.6 Å². The van der Waals surface area contributed by atoms with Crippen LogP contribution >= 0.6 is 11.3 Å². The van der Waals surface area contributed by atoms with Gasteiger partial charge < -0.3 is 15.4 Å². The largest absolute Gasteiger partial charge is 0.494 e. The minimum absolute atomic E-state index is 0.0623. The summed E-state index contributed by atoms with van der Waals surface area (Å²) in [5, 5.41) is 20.3. The number of nitro benzene ring substituents is 1. The van der Waals surface area contributed by atoms with E-state index in [9.17, 15) is 19.7 Å². The van der Waals surface area contributed by atoms with E-state index in [2.05, 4.69) is 10.6 Å². The van der Waals surface area contributed by atoms with E-state index in [0.29, 0.717) is 24.3 Å². The number of anilines is 1. The maximum Gasteiger partial charge on any atom is 0.273 e. The van der Waals surface area contributed by atoms with E-state index in [1.807, 2.05) is 15.7 Å². The van der Waals surface area contributed by atoms with Crippen LogP contribution in [0.2, 0.25) is 0 Å². The number of benzene rings is 1. The number of carbonyl (C=O) groups is 2. The summed E-state index contributed by atoms with van der Waals surface area (Å²) in [6, 6.07) is 5.95. The first-order valence-corrected chi connectivity index (χ1v) is 10.1. The molecule has 0 bridgehead atoms. The average molecular weight is 418 g/mol. The second-order valence-corrected chi connectivity index (χ2v) is 7.51. The molecule has 154 valence electrons. The number of hydrogen-bond donors (Lipinski definition) is 2. The number of methoxy groups -OCH3 is 1. The maximum absolute atomic E-state index is 12.4. The van der Waals surface area contributed by atoms with Gasteiger partial charge in [0.1, 0.15) is 5.75 Å². The molecule has 1 fully saturated rings. The first kappa shape index (κ1) is 20.7. The summed E-state index contributed by atoms with van der Waals surface area (Å²) < 4.78 is 5.14. The van der Waals surface area contributed by atoms with Gasteiger partial charge in [0.25, 0.3) is 11.6 Å². The number of amides is 2. The highest BCUT2D eigenvalue weighted by atomic mass is 32.1. The van der Waals surface area contributed by atoms with Gasteiger partial charge in [-0.05, 0) is 30.4 Å². The van der Waals surface area contributed by atoms with Crippen LogP contribution in [-0.4, -0.2) is 54.4 Å². The summed E-state index contributed by atoms with van der Waals surface area (Å²) in [5.74, 6) is -0.0481. The molecule has 29 heavy (non-hydrogen) atoms. The molecule has 0 saturated carbocycles. The molecular formula is C19H22N4O5S. The lowest BCUT2D eigenvalue weighted by molar-refractivity contribution is -0.384. The van der Waals surface area contributed by atoms with Crippen molar-refractivity contribution in [3.05, 3.63) is 50.7 Å². The van der Waals surface area contributed by atoms with Crippen LogP contribution in [0, 0.1) is 10.1 Å². The molecule has 1 aromatic carbocycles. The van der Waals surface area contributed by atoms with E-state index < -0.39 is 4.92 Å². The monoisotopic (exact) mass is 418 g/mol. The lowest BCUT2D eigenvalue weighted by atomic mass is 10.0. The van der Waals surface area contributed by atoms with Gasteiger partial charge in [-0.25, -0.2) is 0 Å². The predicted molar refractivity (Wildman–Crippen MR) is 110 cm³/mol. The van der Waals surface area contributed by atoms with Crippen LogP contribution in [0.1, 0.15) is 23.2 Å². The van der Waals surface area contributed by atoms with Gasteiger partial charge in [0, 0.05) is 36.1 Å². The molecule has 1 aliphatic heterocycles. The molecule has 2 heterocycles. The number of piperidine rings is 1. The maximum atomic E-state index is 12.4. The van der Waals surface area contributed by atoms with Crippen molar-refractivity contribution in [2.45, 2.75) is 18.9 Å². The molecular weight excluding hydrogens is 396 g/mol. The highest BCUT2D eigenvalue weighted by Crippen LogP contribution is 2.29. The fourth-order valence-electron chi connectivity index (χ4n) is 3.19. The summed E-state index contributed by atoms with van der Waals surface area (Å²) >= 11 is 1.49. The highest BCUT2D eigenvalue weighted by Gasteiger charge is 2.23. The van der Waals surface area contributed by atoms with Gasteiger partial charge in [-0.1, -0.05) is 0 Å². The summed E-state index contributed by atoms with van der Waals surface area (Å²) in [7, 11) is 1.39. The first-order valence-electron chi connectivity index (χ1n) is 9.14. The lowest BCUT2D eigenvalue weighted by Gasteiger charge is -2.31. The standard InChI is InChI=1S/C19H22N4O5S/c1-28-17-10-15(23(26)27)2-3-16(17)21-18(24)11-22-7-4-14(5-8-22)20-19(25)13-6-9-29-12-13/h2-3,6,9-10,12,14H,4-5,7-8,11H2,1H3,(H,20,25)(H,21,24). The predicted octanol–water partition coefficient (Wildman–Crippen LogP) is 2.50. The number of carbonyl (C=O) groups excluding carboxylic acids is 2. The Kier molecular flexibility index (Phi) is 6.78. The Bertz CT molecular complexity index is 879. The Morgan fingerprint density at radius 2 is 2.07 bits per heavy atom. The zero-order valence-corrected chi connectivity index (χ0v) is 16.7. The molecule has 0 atom stereocenters. The number of nitrogens with zero attached hydrogens (tertiary/aromatic N) is 2. The van der Waals surface area contributed by atoms with E-state index in [1.54, 1.807) is 6.07 Å². The van der Waals surface area contributed by atoms with E-state index >= 15 is 0 Å². The molecule has 2 aromatic rings. The Hall–Kier alpha value is -2.98. The molecule has 0 radical (unpaired) electrons. The SMILES string of the molecule is COc1cc([N+](=O)[O-])ccc1NC(=O)CN1CCC(NC(=O)c2ccsc2)CC1. The van der Waals surface area contributed by atoms with Gasteiger partial charge >= 0.3 is 0 Å². The molecule has 10 heteroatoms. The normalized spacial score (nSPS) is 14.9. The second kappa shape index (κ2) is 9.48. The quantitative estimate of drug-likeness (QED) is 0.528. The summed E-state index contributed by atoms with van der Waals surface area (Å²) in [6.45, 7) is 1.59. The van der Waals surface area contributed by atoms with E-state index in [-0.39, 0.29) is 35.8 Å². The van der Waals surface area contributed by atoms with Crippen molar-refractivity contribution < 1.29 is 19.2 Å². The minimum Gasteiger partial charge on any atom is -0.494 e. The fourth-order valence-corrected chi connectivity index (χ4v) is 3.82. The zero-order valence-electron chi connectivity index (χ0n) is 15.9. The van der Waals surface area contributed by atoms with Crippen molar-refractivity contribution in [1.82, 2.24) is 10.2 Å². The number of non-ortho nitro benzene ring substituents is 1. The number of likely N-dealkylation sites (tertiary alicyclic amines) is 1. The number of ether oxygens (including phenoxy) is 1. The molecule has 1 aromatic heterocycles. The number of rotatable bonds is 7. The molecule has 0 unspecified atom stereocenters. The molecule has 1 aliphatic rings. The van der Waals surface area contributed by atoms with Crippen molar-refractivity contribution >= 4 is 34.5 Å². The van der Waals surface area contributed by atoms with Gasteiger partial charge in [0.2, 0.25) is 5.91 Å². The topological polar surface area (TPSA) is 114 Å². The molecule has 9 nitrogen and oxygen atoms in total. The highest BCUT2D eigenvalue weighted by molar-refractivity contribution is 7.08. The third-order valence-corrected chi connectivity index (χ3v) is 5.43. The lowest BCUT2D eigenvalue weighted by Crippen LogP contribution is -2.46. The Labute approximate surface area is 171 Å². The second-order valence-electron chi connectivity index (χ2n) is 6.73. The summed E-state index contributed by atoms with van der Waals surface area (Å²) in [4.78, 5) is 36.8. The number of nitro groups is 1.